The van der Waals surface area contributed by atoms with Crippen LogP contribution in [0, 0.1) is 0 Å². The van der Waals surface area contributed by atoms with Crippen molar-refractivity contribution in [3.8, 4) is 34.3 Å². The zero-order valence-electron chi connectivity index (χ0n) is 18.7. The lowest BCUT2D eigenvalue weighted by Crippen LogP contribution is -2.42. The summed E-state index contributed by atoms with van der Waals surface area (Å²) >= 11 is 0. The molecule has 2 amide bonds. The van der Waals surface area contributed by atoms with Gasteiger partial charge >= 0.3 is 6.18 Å². The first kappa shape index (κ1) is 25.4. The minimum Gasteiger partial charge on any atom is -0.530 e. The third kappa shape index (κ3) is 5.75. The quantitative estimate of drug-likeness (QED) is 0.297. The lowest BCUT2D eigenvalue weighted by atomic mass is 10.1. The van der Waals surface area contributed by atoms with E-state index in [1.807, 2.05) is 5.32 Å². The first-order valence-corrected chi connectivity index (χ1v) is 10.6. The Balaban J connectivity index is 1.52. The van der Waals surface area contributed by atoms with Gasteiger partial charge in [-0.1, -0.05) is 64.9 Å². The van der Waals surface area contributed by atoms with Gasteiger partial charge in [-0.2, -0.15) is 18.2 Å². The molecule has 11 nitrogen and oxygen atoms in total. The smallest absolute Gasteiger partial charge is 0.422 e. The number of aromatic nitrogens is 3. The number of alkyl halides is 3. The Kier molecular flexibility index (Phi) is 7.20. The SMILES string of the molecule is O=C([O-])NCCNC(=O)C(O)c1ccc(-c2noc(-c3onc(-c4ccccc4)c3C(F)(F)F)n2)cc1. The predicted octanol–water partition coefficient (Wildman–Crippen LogP) is 2.16. The van der Waals surface area contributed by atoms with Crippen LogP contribution in [0.2, 0.25) is 0 Å². The van der Waals surface area contributed by atoms with Crippen LogP contribution in [0.15, 0.2) is 63.6 Å². The normalized spacial score (nSPS) is 12.2. The molecule has 0 bridgehead atoms. The van der Waals surface area contributed by atoms with E-state index < -0.39 is 47.2 Å². The van der Waals surface area contributed by atoms with Crippen molar-refractivity contribution in [3.05, 3.63) is 65.7 Å². The Hall–Kier alpha value is -4.72. The minimum atomic E-state index is -4.83. The van der Waals surface area contributed by atoms with Crippen molar-refractivity contribution in [2.75, 3.05) is 13.1 Å². The number of hydrogen-bond acceptors (Lipinski definition) is 9. The van der Waals surface area contributed by atoms with Gasteiger partial charge in [0.15, 0.2) is 6.10 Å². The van der Waals surface area contributed by atoms with Crippen molar-refractivity contribution in [1.29, 1.82) is 0 Å². The number of hydrogen-bond donors (Lipinski definition) is 3. The minimum absolute atomic E-state index is 0.0683. The summed E-state index contributed by atoms with van der Waals surface area (Å²) in [6, 6.07) is 13.3. The van der Waals surface area contributed by atoms with Gasteiger partial charge in [-0.25, -0.2) is 0 Å². The van der Waals surface area contributed by atoms with Gasteiger partial charge in [-0.3, -0.25) is 4.79 Å². The number of carboxylic acid groups (broad SMARTS) is 1. The van der Waals surface area contributed by atoms with Crippen LogP contribution in [0.4, 0.5) is 18.0 Å². The third-order valence-corrected chi connectivity index (χ3v) is 5.07. The lowest BCUT2D eigenvalue weighted by molar-refractivity contribution is -0.250. The second-order valence-corrected chi connectivity index (χ2v) is 7.55. The molecule has 0 spiro atoms. The Bertz CT molecular complexity index is 1390. The van der Waals surface area contributed by atoms with Gasteiger partial charge in [0.2, 0.25) is 11.6 Å². The fraction of sp³-hybridized carbons (Fsp3) is 0.174. The fourth-order valence-electron chi connectivity index (χ4n) is 3.34. The second kappa shape index (κ2) is 10.5. The second-order valence-electron chi connectivity index (χ2n) is 7.55. The fourth-order valence-corrected chi connectivity index (χ4v) is 3.34. The highest BCUT2D eigenvalue weighted by Gasteiger charge is 2.42. The van der Waals surface area contributed by atoms with E-state index in [0.29, 0.717) is 5.56 Å². The molecule has 2 heterocycles. The predicted molar refractivity (Wildman–Crippen MR) is 117 cm³/mol. The van der Waals surface area contributed by atoms with Gasteiger partial charge in [0.1, 0.15) is 17.4 Å². The van der Waals surface area contributed by atoms with Gasteiger partial charge in [-0.05, 0) is 5.56 Å². The topological polar surface area (TPSA) is 166 Å². The van der Waals surface area contributed by atoms with E-state index in [1.165, 1.54) is 36.4 Å². The number of nitrogens with zero attached hydrogens (tertiary/aromatic N) is 3. The highest BCUT2D eigenvalue weighted by atomic mass is 19.4. The summed E-state index contributed by atoms with van der Waals surface area (Å²) in [5, 5.41) is 32.0. The molecule has 0 aliphatic heterocycles. The summed E-state index contributed by atoms with van der Waals surface area (Å²) in [6.45, 7) is -0.172. The van der Waals surface area contributed by atoms with Crippen LogP contribution < -0.4 is 15.7 Å². The lowest BCUT2D eigenvalue weighted by Gasteiger charge is -2.12. The molecule has 3 N–H and O–H groups in total. The van der Waals surface area contributed by atoms with Gasteiger partial charge in [-0.15, -0.1) is 0 Å². The zero-order valence-corrected chi connectivity index (χ0v) is 18.7. The molecule has 14 heteroatoms. The van der Waals surface area contributed by atoms with E-state index in [0.717, 1.165) is 0 Å². The van der Waals surface area contributed by atoms with Crippen LogP contribution in [0.25, 0.3) is 34.3 Å². The maximum Gasteiger partial charge on any atom is 0.422 e. The highest BCUT2D eigenvalue weighted by Crippen LogP contribution is 2.43. The van der Waals surface area contributed by atoms with Crippen LogP contribution in [0.5, 0.6) is 0 Å². The Morgan fingerprint density at radius 3 is 2.27 bits per heavy atom. The van der Waals surface area contributed by atoms with Crippen molar-refractivity contribution < 1.29 is 42.0 Å². The maximum absolute atomic E-state index is 13.9. The number of amides is 2. The Morgan fingerprint density at radius 2 is 1.62 bits per heavy atom. The summed E-state index contributed by atoms with van der Waals surface area (Å²) in [6.07, 6.45) is -7.88. The van der Waals surface area contributed by atoms with E-state index in [2.05, 4.69) is 20.6 Å². The number of carbonyl (C=O) groups is 2. The van der Waals surface area contributed by atoms with E-state index in [9.17, 15) is 33.0 Å². The van der Waals surface area contributed by atoms with Crippen LogP contribution in [0.1, 0.15) is 17.2 Å². The van der Waals surface area contributed by atoms with Crippen molar-refractivity contribution in [2.24, 2.45) is 0 Å². The van der Waals surface area contributed by atoms with E-state index >= 15 is 0 Å². The molecular formula is C23H17F3N5O6-. The summed E-state index contributed by atoms with van der Waals surface area (Å²) in [5.74, 6) is -2.11. The highest BCUT2D eigenvalue weighted by molar-refractivity contribution is 5.82. The van der Waals surface area contributed by atoms with Gasteiger partial charge in [0, 0.05) is 24.2 Å². The number of rotatable bonds is 8. The van der Waals surface area contributed by atoms with Gasteiger partial charge < -0.3 is 34.7 Å². The molecule has 192 valence electrons. The number of nitrogens with one attached hydrogen (secondary N) is 2. The van der Waals surface area contributed by atoms with Crippen LogP contribution in [0.3, 0.4) is 0 Å². The molecule has 4 aromatic rings. The number of benzene rings is 2. The van der Waals surface area contributed by atoms with Gasteiger partial charge in [0.05, 0.1) is 0 Å². The van der Waals surface area contributed by atoms with E-state index in [1.54, 1.807) is 18.2 Å². The average molecular weight is 516 g/mol. The van der Waals surface area contributed by atoms with E-state index in [-0.39, 0.29) is 30.0 Å². The molecule has 0 saturated carbocycles. The summed E-state index contributed by atoms with van der Waals surface area (Å²) in [5.41, 5.74) is -0.873. The molecular weight excluding hydrogens is 499 g/mol. The van der Waals surface area contributed by atoms with Gasteiger partial charge in [0.25, 0.3) is 11.8 Å². The molecule has 2 aromatic heterocycles. The summed E-state index contributed by atoms with van der Waals surface area (Å²) < 4.78 is 51.6. The maximum atomic E-state index is 13.9. The first-order chi connectivity index (χ1) is 17.6. The van der Waals surface area contributed by atoms with Crippen molar-refractivity contribution >= 4 is 12.0 Å². The molecule has 37 heavy (non-hydrogen) atoms. The molecule has 0 saturated heterocycles. The summed E-state index contributed by atoms with van der Waals surface area (Å²) in [4.78, 5) is 26.3. The Labute approximate surface area is 205 Å². The van der Waals surface area contributed by atoms with Crippen LogP contribution in [-0.4, -0.2) is 45.5 Å². The molecule has 1 unspecified atom stereocenters. The van der Waals surface area contributed by atoms with Crippen LogP contribution >= 0.6 is 0 Å². The van der Waals surface area contributed by atoms with Crippen molar-refractivity contribution in [3.63, 3.8) is 0 Å². The molecule has 0 aliphatic carbocycles. The molecule has 2 aromatic carbocycles. The molecule has 4 rings (SSSR count). The molecule has 0 fully saturated rings. The molecule has 1 atom stereocenters. The molecule has 0 radical (unpaired) electrons. The third-order valence-electron chi connectivity index (χ3n) is 5.07. The van der Waals surface area contributed by atoms with Crippen molar-refractivity contribution in [2.45, 2.75) is 12.3 Å². The number of carbonyl (C=O) groups excluding carboxylic acids is 2. The zero-order chi connectivity index (χ0) is 26.6. The molecule has 0 aliphatic rings. The average Bonchev–Trinajstić information content (AvgIpc) is 3.54. The number of aliphatic hydroxyl groups is 1. The first-order valence-electron chi connectivity index (χ1n) is 10.6. The van der Waals surface area contributed by atoms with E-state index in [4.69, 9.17) is 9.05 Å². The summed E-state index contributed by atoms with van der Waals surface area (Å²) in [7, 11) is 0. The largest absolute Gasteiger partial charge is 0.530 e. The van der Waals surface area contributed by atoms with Crippen LogP contribution in [-0.2, 0) is 11.0 Å². The monoisotopic (exact) mass is 516 g/mol. The standard InChI is InChI=1S/C23H18F3N5O6/c24-23(25,26)15-16(12-4-2-1-3-5-12)30-36-18(15)21-29-19(31-37-21)14-8-6-13(7-9-14)17(32)20(33)27-10-11-28-22(34)35/h1-9,17,28,32H,10-11H2,(H,27,33)(H,34,35)/p-1. The number of aliphatic hydroxyl groups excluding tert-OH is 1. The number of halogens is 3. The Morgan fingerprint density at radius 1 is 0.946 bits per heavy atom. The van der Waals surface area contributed by atoms with Crippen molar-refractivity contribution in [1.82, 2.24) is 25.9 Å².